The van der Waals surface area contributed by atoms with E-state index in [1.54, 1.807) is 0 Å². The second-order valence-corrected chi connectivity index (χ2v) is 2.92. The average molecular weight is 212 g/mol. The fourth-order valence-electron chi connectivity index (χ4n) is 1.22. The number of aromatic hydroxyl groups is 1. The van der Waals surface area contributed by atoms with Crippen molar-refractivity contribution in [3.05, 3.63) is 17.7 Å². The average Bonchev–Trinajstić information content (AvgIpc) is 2.19. The van der Waals surface area contributed by atoms with E-state index >= 15 is 0 Å². The molecule has 5 heteroatoms. The number of benzene rings is 1. The van der Waals surface area contributed by atoms with E-state index in [9.17, 15) is 9.90 Å². The van der Waals surface area contributed by atoms with Crippen LogP contribution < -0.4 is 9.47 Å². The lowest BCUT2D eigenvalue weighted by atomic mass is 10.1. The molecule has 0 bridgehead atoms. The molecule has 0 aromatic heterocycles. The Kier molecular flexibility index (Phi) is 3.38. The van der Waals surface area contributed by atoms with Crippen LogP contribution in [0.1, 0.15) is 5.56 Å². The first-order valence-electron chi connectivity index (χ1n) is 4.24. The molecule has 0 aliphatic rings. The van der Waals surface area contributed by atoms with Crippen molar-refractivity contribution in [3.8, 4) is 17.2 Å². The first-order valence-corrected chi connectivity index (χ1v) is 4.24. The molecule has 0 atom stereocenters. The van der Waals surface area contributed by atoms with Gasteiger partial charge in [0.2, 0.25) is 5.75 Å². The molecule has 2 N–H and O–H groups in total. The van der Waals surface area contributed by atoms with E-state index < -0.39 is 5.97 Å². The highest BCUT2D eigenvalue weighted by Gasteiger charge is 2.12. The van der Waals surface area contributed by atoms with Gasteiger partial charge in [-0.05, 0) is 17.7 Å². The largest absolute Gasteiger partial charge is 0.502 e. The number of phenolic OH excluding ortho intramolecular Hbond substituents is 1. The van der Waals surface area contributed by atoms with Gasteiger partial charge in [0.25, 0.3) is 0 Å². The molecule has 1 rings (SSSR count). The van der Waals surface area contributed by atoms with Gasteiger partial charge in [-0.3, -0.25) is 4.79 Å². The molecule has 5 nitrogen and oxygen atoms in total. The first kappa shape index (κ1) is 11.2. The lowest BCUT2D eigenvalue weighted by Gasteiger charge is -2.10. The Hall–Kier alpha value is -1.91. The number of hydrogen-bond acceptors (Lipinski definition) is 4. The normalized spacial score (nSPS) is 9.73. The number of carboxylic acid groups (broad SMARTS) is 1. The van der Waals surface area contributed by atoms with Crippen LogP contribution in [0.3, 0.4) is 0 Å². The molecule has 15 heavy (non-hydrogen) atoms. The van der Waals surface area contributed by atoms with Gasteiger partial charge in [-0.25, -0.2) is 0 Å². The topological polar surface area (TPSA) is 76.0 Å². The highest BCUT2D eigenvalue weighted by molar-refractivity contribution is 5.71. The highest BCUT2D eigenvalue weighted by atomic mass is 16.5. The summed E-state index contributed by atoms with van der Waals surface area (Å²) in [5.41, 5.74) is 0.508. The fourth-order valence-corrected chi connectivity index (χ4v) is 1.22. The number of carbonyl (C=O) groups is 1. The van der Waals surface area contributed by atoms with Crippen LogP contribution >= 0.6 is 0 Å². The maximum atomic E-state index is 10.5. The summed E-state index contributed by atoms with van der Waals surface area (Å²) in [5.74, 6) is -0.685. The molecule has 0 unspecified atom stereocenters. The minimum atomic E-state index is -0.954. The SMILES string of the molecule is COc1cc(CC(=O)O)cc(OC)c1O. The summed E-state index contributed by atoms with van der Waals surface area (Å²) in [6, 6.07) is 2.93. The summed E-state index contributed by atoms with van der Waals surface area (Å²) >= 11 is 0. The Bertz CT molecular complexity index is 347. The van der Waals surface area contributed by atoms with Gasteiger partial charge in [0, 0.05) is 0 Å². The van der Waals surface area contributed by atoms with Crippen LogP contribution in [0.4, 0.5) is 0 Å². The van der Waals surface area contributed by atoms with Gasteiger partial charge in [0.05, 0.1) is 20.6 Å². The van der Waals surface area contributed by atoms with Crippen LogP contribution in [0.2, 0.25) is 0 Å². The summed E-state index contributed by atoms with van der Waals surface area (Å²) in [6.45, 7) is 0. The first-order chi connectivity index (χ1) is 7.08. The summed E-state index contributed by atoms with van der Waals surface area (Å²) in [4.78, 5) is 10.5. The van der Waals surface area contributed by atoms with E-state index in [0.717, 1.165) is 0 Å². The van der Waals surface area contributed by atoms with E-state index in [1.807, 2.05) is 0 Å². The molecule has 82 valence electrons. The second-order valence-electron chi connectivity index (χ2n) is 2.92. The number of methoxy groups -OCH3 is 2. The third kappa shape index (κ3) is 2.52. The quantitative estimate of drug-likeness (QED) is 0.779. The van der Waals surface area contributed by atoms with Crippen molar-refractivity contribution >= 4 is 5.97 Å². The minimum absolute atomic E-state index is 0.130. The molecule has 0 aliphatic carbocycles. The Morgan fingerprint density at radius 3 is 2.07 bits per heavy atom. The molecule has 0 saturated heterocycles. The van der Waals surface area contributed by atoms with Crippen molar-refractivity contribution in [1.29, 1.82) is 0 Å². The van der Waals surface area contributed by atoms with E-state index in [4.69, 9.17) is 14.6 Å². The van der Waals surface area contributed by atoms with Crippen LogP contribution in [0.25, 0.3) is 0 Å². The Morgan fingerprint density at radius 2 is 1.73 bits per heavy atom. The van der Waals surface area contributed by atoms with Crippen LogP contribution in [-0.2, 0) is 11.2 Å². The van der Waals surface area contributed by atoms with Gasteiger partial charge in [0.15, 0.2) is 11.5 Å². The molecule has 0 heterocycles. The summed E-state index contributed by atoms with van der Waals surface area (Å²) in [6.07, 6.45) is -0.146. The van der Waals surface area contributed by atoms with Crippen LogP contribution in [-0.4, -0.2) is 30.4 Å². The predicted octanol–water partition coefficient (Wildman–Crippen LogP) is 1.04. The van der Waals surface area contributed by atoms with Crippen molar-refractivity contribution < 1.29 is 24.5 Å². The molecule has 1 aromatic rings. The number of hydrogen-bond donors (Lipinski definition) is 2. The fraction of sp³-hybridized carbons (Fsp3) is 0.300. The third-order valence-electron chi connectivity index (χ3n) is 1.89. The number of ether oxygens (including phenoxy) is 2. The van der Waals surface area contributed by atoms with Crippen molar-refractivity contribution in [2.24, 2.45) is 0 Å². The summed E-state index contributed by atoms with van der Waals surface area (Å²) < 4.78 is 9.77. The Labute approximate surface area is 86.9 Å². The summed E-state index contributed by atoms with van der Waals surface area (Å²) in [7, 11) is 2.78. The number of rotatable bonds is 4. The van der Waals surface area contributed by atoms with E-state index in [0.29, 0.717) is 5.56 Å². The number of phenols is 1. The lowest BCUT2D eigenvalue weighted by molar-refractivity contribution is -0.136. The van der Waals surface area contributed by atoms with Gasteiger partial charge in [0.1, 0.15) is 0 Å². The Balaban J connectivity index is 3.14. The zero-order valence-corrected chi connectivity index (χ0v) is 8.48. The molecule has 0 amide bonds. The standard InChI is InChI=1S/C10H12O5/c1-14-7-3-6(5-9(11)12)4-8(15-2)10(7)13/h3-4,13H,5H2,1-2H3,(H,11,12). The van der Waals surface area contributed by atoms with Crippen LogP contribution in [0, 0.1) is 0 Å². The molecule has 1 aromatic carbocycles. The van der Waals surface area contributed by atoms with E-state index in [1.165, 1.54) is 26.4 Å². The molecule has 0 spiro atoms. The zero-order valence-electron chi connectivity index (χ0n) is 8.48. The van der Waals surface area contributed by atoms with Crippen LogP contribution in [0.5, 0.6) is 17.2 Å². The van der Waals surface area contributed by atoms with Gasteiger partial charge >= 0.3 is 5.97 Å². The smallest absolute Gasteiger partial charge is 0.307 e. The monoisotopic (exact) mass is 212 g/mol. The van der Waals surface area contributed by atoms with E-state index in [-0.39, 0.29) is 23.7 Å². The van der Waals surface area contributed by atoms with Crippen molar-refractivity contribution in [2.75, 3.05) is 14.2 Å². The second kappa shape index (κ2) is 4.54. The lowest BCUT2D eigenvalue weighted by Crippen LogP contribution is -2.01. The zero-order chi connectivity index (χ0) is 11.4. The van der Waals surface area contributed by atoms with Gasteiger partial charge in [-0.2, -0.15) is 0 Å². The summed E-state index contributed by atoms with van der Waals surface area (Å²) in [5, 5.41) is 18.2. The molecule has 0 aliphatic heterocycles. The van der Waals surface area contributed by atoms with Gasteiger partial charge < -0.3 is 19.7 Å². The maximum Gasteiger partial charge on any atom is 0.307 e. The van der Waals surface area contributed by atoms with Crippen molar-refractivity contribution in [1.82, 2.24) is 0 Å². The Morgan fingerprint density at radius 1 is 1.27 bits per heavy atom. The van der Waals surface area contributed by atoms with Crippen molar-refractivity contribution in [2.45, 2.75) is 6.42 Å². The number of carboxylic acids is 1. The predicted molar refractivity (Wildman–Crippen MR) is 52.6 cm³/mol. The highest BCUT2D eigenvalue weighted by Crippen LogP contribution is 2.37. The van der Waals surface area contributed by atoms with E-state index in [2.05, 4.69) is 0 Å². The molecule has 0 saturated carbocycles. The van der Waals surface area contributed by atoms with Crippen molar-refractivity contribution in [3.63, 3.8) is 0 Å². The minimum Gasteiger partial charge on any atom is -0.502 e. The molecule has 0 fully saturated rings. The van der Waals surface area contributed by atoms with Gasteiger partial charge in [-0.15, -0.1) is 0 Å². The van der Waals surface area contributed by atoms with Crippen LogP contribution in [0.15, 0.2) is 12.1 Å². The molecule has 0 radical (unpaired) electrons. The third-order valence-corrected chi connectivity index (χ3v) is 1.89. The number of aliphatic carboxylic acids is 1. The maximum absolute atomic E-state index is 10.5. The molecular formula is C10H12O5. The van der Waals surface area contributed by atoms with Gasteiger partial charge in [-0.1, -0.05) is 0 Å². The molecular weight excluding hydrogens is 200 g/mol.